The zero-order valence-corrected chi connectivity index (χ0v) is 12.5. The molecule has 21 heavy (non-hydrogen) atoms. The minimum Gasteiger partial charge on any atom is -0.406 e. The first-order valence-electron chi connectivity index (χ1n) is 7.52. The molecule has 2 unspecified atom stereocenters. The highest BCUT2D eigenvalue weighted by Crippen LogP contribution is 2.32. The van der Waals surface area contributed by atoms with Gasteiger partial charge in [0.2, 0.25) is 0 Å². The molecule has 0 amide bonds. The lowest BCUT2D eigenvalue weighted by Gasteiger charge is -2.39. The summed E-state index contributed by atoms with van der Waals surface area (Å²) >= 11 is 0. The van der Waals surface area contributed by atoms with Crippen LogP contribution in [0.4, 0.5) is 13.2 Å². The van der Waals surface area contributed by atoms with Crippen LogP contribution in [0.25, 0.3) is 0 Å². The summed E-state index contributed by atoms with van der Waals surface area (Å²) in [5.74, 6) is -0.159. The van der Waals surface area contributed by atoms with Crippen molar-refractivity contribution in [3.8, 4) is 5.75 Å². The van der Waals surface area contributed by atoms with Gasteiger partial charge in [0.1, 0.15) is 5.75 Å². The minimum atomic E-state index is -4.63. The number of alkyl halides is 3. The lowest BCUT2D eigenvalue weighted by atomic mass is 9.96. The third kappa shape index (κ3) is 4.37. The Hall–Kier alpha value is -1.23. The third-order valence-electron chi connectivity index (χ3n) is 4.14. The lowest BCUT2D eigenvalue weighted by Crippen LogP contribution is -2.40. The number of nitrogens with zero attached hydrogens (tertiary/aromatic N) is 1. The summed E-state index contributed by atoms with van der Waals surface area (Å²) in [5, 5.41) is 0. The molecule has 1 aliphatic heterocycles. The molecule has 0 saturated carbocycles. The highest BCUT2D eigenvalue weighted by atomic mass is 19.4. The molecule has 5 heteroatoms. The van der Waals surface area contributed by atoms with Gasteiger partial charge in [-0.15, -0.1) is 13.2 Å². The number of hydrogen-bond donors (Lipinski definition) is 0. The normalized spacial score (nSPS) is 22.0. The molecule has 1 aromatic carbocycles. The van der Waals surface area contributed by atoms with Crippen LogP contribution in [0, 0.1) is 0 Å². The molecule has 0 aliphatic carbocycles. The standard InChI is InChI=1S/C16H22F3NO/c1-3-15(20-11-5-4-6-12(20)2)13-7-9-14(10-8-13)21-16(17,18)19/h7-10,12,15H,3-6,11H2,1-2H3. The van der Waals surface area contributed by atoms with E-state index in [-0.39, 0.29) is 11.8 Å². The van der Waals surface area contributed by atoms with Crippen LogP contribution < -0.4 is 4.74 Å². The van der Waals surface area contributed by atoms with Crippen molar-refractivity contribution in [1.82, 2.24) is 4.90 Å². The first-order valence-corrected chi connectivity index (χ1v) is 7.52. The fourth-order valence-corrected chi connectivity index (χ4v) is 3.14. The molecule has 1 saturated heterocycles. The molecule has 1 aliphatic rings. The van der Waals surface area contributed by atoms with E-state index >= 15 is 0 Å². The Balaban J connectivity index is 2.11. The first-order chi connectivity index (χ1) is 9.90. The highest BCUT2D eigenvalue weighted by molar-refractivity contribution is 5.29. The molecule has 0 radical (unpaired) electrons. The Morgan fingerprint density at radius 3 is 2.43 bits per heavy atom. The Labute approximate surface area is 123 Å². The maximum absolute atomic E-state index is 12.2. The first kappa shape index (κ1) is 16.1. The van der Waals surface area contributed by atoms with Crippen molar-refractivity contribution in [2.24, 2.45) is 0 Å². The Bertz CT molecular complexity index is 444. The Kier molecular flexibility index (Phi) is 5.14. The second-order valence-electron chi connectivity index (χ2n) is 5.62. The second-order valence-corrected chi connectivity index (χ2v) is 5.62. The number of hydrogen-bond acceptors (Lipinski definition) is 2. The summed E-state index contributed by atoms with van der Waals surface area (Å²) in [4.78, 5) is 2.46. The van der Waals surface area contributed by atoms with E-state index in [4.69, 9.17) is 0 Å². The smallest absolute Gasteiger partial charge is 0.406 e. The summed E-state index contributed by atoms with van der Waals surface area (Å²) < 4.78 is 40.5. The van der Waals surface area contributed by atoms with Crippen LogP contribution in [-0.4, -0.2) is 23.8 Å². The molecule has 0 aromatic heterocycles. The van der Waals surface area contributed by atoms with E-state index in [0.717, 1.165) is 18.5 Å². The zero-order chi connectivity index (χ0) is 15.5. The fourth-order valence-electron chi connectivity index (χ4n) is 3.14. The summed E-state index contributed by atoms with van der Waals surface area (Å²) in [5.41, 5.74) is 1.06. The van der Waals surface area contributed by atoms with E-state index in [9.17, 15) is 13.2 Å². The van der Waals surface area contributed by atoms with Gasteiger partial charge in [0, 0.05) is 12.1 Å². The summed E-state index contributed by atoms with van der Waals surface area (Å²) in [7, 11) is 0. The third-order valence-corrected chi connectivity index (χ3v) is 4.14. The van der Waals surface area contributed by atoms with Gasteiger partial charge in [0.15, 0.2) is 0 Å². The van der Waals surface area contributed by atoms with E-state index in [0.29, 0.717) is 6.04 Å². The number of benzene rings is 1. The molecule has 1 fully saturated rings. The maximum atomic E-state index is 12.2. The van der Waals surface area contributed by atoms with E-state index in [1.165, 1.54) is 31.4 Å². The Morgan fingerprint density at radius 1 is 1.24 bits per heavy atom. The van der Waals surface area contributed by atoms with Crippen molar-refractivity contribution in [3.63, 3.8) is 0 Å². The molecular weight excluding hydrogens is 279 g/mol. The average molecular weight is 301 g/mol. The van der Waals surface area contributed by atoms with Gasteiger partial charge in [-0.2, -0.15) is 0 Å². The number of halogens is 3. The SMILES string of the molecule is CCC(c1ccc(OC(F)(F)F)cc1)N1CCCCC1C. The number of ether oxygens (including phenoxy) is 1. The van der Waals surface area contributed by atoms with Crippen molar-refractivity contribution < 1.29 is 17.9 Å². The zero-order valence-electron chi connectivity index (χ0n) is 12.5. The van der Waals surface area contributed by atoms with Crippen LogP contribution in [0.2, 0.25) is 0 Å². The molecule has 0 spiro atoms. The Morgan fingerprint density at radius 2 is 1.90 bits per heavy atom. The predicted molar refractivity (Wildman–Crippen MR) is 76.2 cm³/mol. The lowest BCUT2D eigenvalue weighted by molar-refractivity contribution is -0.274. The van der Waals surface area contributed by atoms with Gasteiger partial charge in [-0.05, 0) is 50.4 Å². The van der Waals surface area contributed by atoms with Crippen molar-refractivity contribution in [3.05, 3.63) is 29.8 Å². The molecule has 0 bridgehead atoms. The van der Waals surface area contributed by atoms with E-state index in [1.807, 2.05) is 0 Å². The summed E-state index contributed by atoms with van der Waals surface area (Å²) in [6.07, 6.45) is -0.0504. The van der Waals surface area contributed by atoms with Crippen molar-refractivity contribution in [2.45, 2.75) is 58.0 Å². The predicted octanol–water partition coefficient (Wildman–Crippen LogP) is 4.91. The van der Waals surface area contributed by atoms with E-state index in [2.05, 4.69) is 23.5 Å². The van der Waals surface area contributed by atoms with Crippen molar-refractivity contribution >= 4 is 0 Å². The van der Waals surface area contributed by atoms with Gasteiger partial charge < -0.3 is 4.74 Å². The molecule has 2 nitrogen and oxygen atoms in total. The van der Waals surface area contributed by atoms with Crippen LogP contribution in [0.15, 0.2) is 24.3 Å². The van der Waals surface area contributed by atoms with Crippen LogP contribution in [-0.2, 0) is 0 Å². The van der Waals surface area contributed by atoms with Gasteiger partial charge in [-0.3, -0.25) is 4.90 Å². The minimum absolute atomic E-state index is 0.159. The van der Waals surface area contributed by atoms with E-state index < -0.39 is 6.36 Å². The number of piperidine rings is 1. The van der Waals surface area contributed by atoms with Gasteiger partial charge in [0.25, 0.3) is 0 Å². The number of rotatable bonds is 4. The van der Waals surface area contributed by atoms with Crippen molar-refractivity contribution in [2.75, 3.05) is 6.54 Å². The molecule has 118 valence electrons. The van der Waals surface area contributed by atoms with Crippen LogP contribution in [0.3, 0.4) is 0 Å². The van der Waals surface area contributed by atoms with Gasteiger partial charge >= 0.3 is 6.36 Å². The quantitative estimate of drug-likeness (QED) is 0.783. The fraction of sp³-hybridized carbons (Fsp3) is 0.625. The largest absolute Gasteiger partial charge is 0.573 e. The monoisotopic (exact) mass is 301 g/mol. The second kappa shape index (κ2) is 6.69. The molecule has 2 atom stereocenters. The molecule has 2 rings (SSSR count). The van der Waals surface area contributed by atoms with Crippen LogP contribution in [0.1, 0.15) is 51.1 Å². The summed E-state index contributed by atoms with van der Waals surface area (Å²) in [6, 6.07) is 7.09. The van der Waals surface area contributed by atoms with Crippen LogP contribution >= 0.6 is 0 Å². The highest BCUT2D eigenvalue weighted by Gasteiger charge is 2.31. The van der Waals surface area contributed by atoms with Crippen molar-refractivity contribution in [1.29, 1.82) is 0 Å². The topological polar surface area (TPSA) is 12.5 Å². The molecule has 0 N–H and O–H groups in total. The molecular formula is C16H22F3NO. The van der Waals surface area contributed by atoms with Gasteiger partial charge in [-0.1, -0.05) is 25.5 Å². The van der Waals surface area contributed by atoms with E-state index in [1.54, 1.807) is 12.1 Å². The maximum Gasteiger partial charge on any atom is 0.573 e. The molecule has 1 aromatic rings. The van der Waals surface area contributed by atoms with Gasteiger partial charge in [-0.25, -0.2) is 0 Å². The number of likely N-dealkylation sites (tertiary alicyclic amines) is 1. The average Bonchev–Trinajstić information content (AvgIpc) is 2.42. The molecule has 1 heterocycles. The van der Waals surface area contributed by atoms with Gasteiger partial charge in [0.05, 0.1) is 0 Å². The summed E-state index contributed by atoms with van der Waals surface area (Å²) in [6.45, 7) is 5.40. The van der Waals surface area contributed by atoms with Crippen LogP contribution in [0.5, 0.6) is 5.75 Å².